The van der Waals surface area contributed by atoms with Crippen molar-refractivity contribution in [2.24, 2.45) is 5.41 Å². The third kappa shape index (κ3) is 4.30. The van der Waals surface area contributed by atoms with Crippen LogP contribution < -0.4 is 10.6 Å². The number of amides is 2. The molecule has 0 radical (unpaired) electrons. The zero-order valence-electron chi connectivity index (χ0n) is 16.0. The van der Waals surface area contributed by atoms with E-state index in [0.717, 1.165) is 31.7 Å². The molecule has 1 aromatic carbocycles. The van der Waals surface area contributed by atoms with Gasteiger partial charge in [0, 0.05) is 18.9 Å². The van der Waals surface area contributed by atoms with Crippen LogP contribution in [0.3, 0.4) is 0 Å². The summed E-state index contributed by atoms with van der Waals surface area (Å²) in [5.74, 6) is -2.22. The van der Waals surface area contributed by atoms with E-state index in [4.69, 9.17) is 16.3 Å². The second-order valence-electron chi connectivity index (χ2n) is 8.01. The van der Waals surface area contributed by atoms with Gasteiger partial charge in [-0.25, -0.2) is 8.78 Å². The Morgan fingerprint density at radius 2 is 1.96 bits per heavy atom. The Bertz CT molecular complexity index is 768. The predicted molar refractivity (Wildman–Crippen MR) is 101 cm³/mol. The van der Waals surface area contributed by atoms with E-state index in [1.165, 1.54) is 13.0 Å². The molecule has 2 aliphatic rings. The van der Waals surface area contributed by atoms with Gasteiger partial charge in [0.25, 0.3) is 0 Å². The van der Waals surface area contributed by atoms with Gasteiger partial charge in [-0.05, 0) is 30.4 Å². The lowest BCUT2D eigenvalue weighted by Crippen LogP contribution is -2.44. The Morgan fingerprint density at radius 1 is 1.29 bits per heavy atom. The summed E-state index contributed by atoms with van der Waals surface area (Å²) in [6.45, 7) is 3.55. The number of ether oxygens (including phenoxy) is 1. The SMILES string of the molecule is CC(=O)N[C@@H]1CO[C@@H](C(=O)N[C@H](c2c(F)ccc(Cl)c2F)C2(C)CCCC2)C1. The molecule has 5 nitrogen and oxygen atoms in total. The number of nitrogens with one attached hydrogen (secondary N) is 2. The second kappa shape index (κ2) is 8.33. The van der Waals surface area contributed by atoms with Crippen LogP contribution in [0.4, 0.5) is 8.78 Å². The first-order valence-electron chi connectivity index (χ1n) is 9.54. The van der Waals surface area contributed by atoms with E-state index in [2.05, 4.69) is 10.6 Å². The molecule has 0 bridgehead atoms. The predicted octanol–water partition coefficient (Wildman–Crippen LogP) is 3.65. The van der Waals surface area contributed by atoms with Gasteiger partial charge in [-0.15, -0.1) is 0 Å². The van der Waals surface area contributed by atoms with Crippen LogP contribution in [0.2, 0.25) is 5.02 Å². The van der Waals surface area contributed by atoms with Crippen LogP contribution in [0.25, 0.3) is 0 Å². The molecule has 28 heavy (non-hydrogen) atoms. The van der Waals surface area contributed by atoms with Crippen molar-refractivity contribution >= 4 is 23.4 Å². The molecular formula is C20H25ClF2N2O3. The molecular weight excluding hydrogens is 390 g/mol. The number of carbonyl (C=O) groups excluding carboxylic acids is 2. The molecule has 0 spiro atoms. The van der Waals surface area contributed by atoms with Crippen LogP contribution in [0.1, 0.15) is 57.6 Å². The molecule has 1 aliphatic heterocycles. The van der Waals surface area contributed by atoms with Gasteiger partial charge >= 0.3 is 0 Å². The fraction of sp³-hybridized carbons (Fsp3) is 0.600. The molecule has 8 heteroatoms. The van der Waals surface area contributed by atoms with Crippen molar-refractivity contribution in [1.29, 1.82) is 0 Å². The topological polar surface area (TPSA) is 67.4 Å². The van der Waals surface area contributed by atoms with Crippen molar-refractivity contribution in [3.8, 4) is 0 Å². The summed E-state index contributed by atoms with van der Waals surface area (Å²) in [7, 11) is 0. The number of benzene rings is 1. The number of hydrogen-bond acceptors (Lipinski definition) is 3. The first-order valence-corrected chi connectivity index (χ1v) is 9.91. The molecule has 2 fully saturated rings. The summed E-state index contributed by atoms with van der Waals surface area (Å²) >= 11 is 5.89. The zero-order chi connectivity index (χ0) is 20.5. The highest BCUT2D eigenvalue weighted by Crippen LogP contribution is 2.48. The fourth-order valence-corrected chi connectivity index (χ4v) is 4.47. The molecule has 1 aliphatic carbocycles. The van der Waals surface area contributed by atoms with E-state index in [1.807, 2.05) is 6.92 Å². The normalized spacial score (nSPS) is 24.8. The van der Waals surface area contributed by atoms with Crippen molar-refractivity contribution < 1.29 is 23.1 Å². The van der Waals surface area contributed by atoms with E-state index >= 15 is 0 Å². The van der Waals surface area contributed by atoms with Crippen LogP contribution in [-0.4, -0.2) is 30.6 Å². The molecule has 1 saturated heterocycles. The summed E-state index contributed by atoms with van der Waals surface area (Å²) in [4.78, 5) is 24.0. The lowest BCUT2D eigenvalue weighted by molar-refractivity contribution is -0.131. The molecule has 3 rings (SSSR count). The van der Waals surface area contributed by atoms with E-state index in [-0.39, 0.29) is 29.1 Å². The van der Waals surface area contributed by atoms with Crippen LogP contribution >= 0.6 is 11.6 Å². The molecule has 2 amide bonds. The van der Waals surface area contributed by atoms with Gasteiger partial charge < -0.3 is 15.4 Å². The van der Waals surface area contributed by atoms with Crippen molar-refractivity contribution in [2.75, 3.05) is 6.61 Å². The standard InChI is InChI=1S/C20H25ClF2N2O3/c1-11(26)24-12-9-15(28-10-12)19(27)25-18(20(2)7-3-4-8-20)16-14(22)6-5-13(21)17(16)23/h5-6,12,15,18H,3-4,7-10H2,1-2H3,(H,24,26)(H,25,27)/t12-,15+,18+/m0/s1. The van der Waals surface area contributed by atoms with Crippen LogP contribution in [-0.2, 0) is 14.3 Å². The molecule has 0 unspecified atom stereocenters. The Hall–Kier alpha value is -1.73. The highest BCUT2D eigenvalue weighted by atomic mass is 35.5. The average Bonchev–Trinajstić information content (AvgIpc) is 3.27. The summed E-state index contributed by atoms with van der Waals surface area (Å²) in [6, 6.07) is 1.18. The van der Waals surface area contributed by atoms with Gasteiger partial charge in [-0.2, -0.15) is 0 Å². The highest BCUT2D eigenvalue weighted by Gasteiger charge is 2.43. The Kier molecular flexibility index (Phi) is 6.25. The molecule has 1 saturated carbocycles. The smallest absolute Gasteiger partial charge is 0.249 e. The van der Waals surface area contributed by atoms with E-state index in [9.17, 15) is 18.4 Å². The molecule has 2 N–H and O–H groups in total. The fourth-order valence-electron chi connectivity index (χ4n) is 4.31. The molecule has 1 heterocycles. The van der Waals surface area contributed by atoms with Gasteiger partial charge in [0.2, 0.25) is 11.8 Å². The average molecular weight is 415 g/mol. The van der Waals surface area contributed by atoms with Crippen molar-refractivity contribution in [3.63, 3.8) is 0 Å². The Labute approximate surface area is 168 Å². The maximum atomic E-state index is 14.8. The lowest BCUT2D eigenvalue weighted by Gasteiger charge is -2.36. The minimum atomic E-state index is -0.857. The van der Waals surface area contributed by atoms with Crippen LogP contribution in [0, 0.1) is 17.0 Å². The monoisotopic (exact) mass is 414 g/mol. The number of hydrogen-bond donors (Lipinski definition) is 2. The molecule has 1 aromatic rings. The maximum absolute atomic E-state index is 14.8. The number of halogens is 3. The highest BCUT2D eigenvalue weighted by molar-refractivity contribution is 6.30. The Balaban J connectivity index is 1.84. The first-order chi connectivity index (χ1) is 13.2. The summed E-state index contributed by atoms with van der Waals surface area (Å²) in [5, 5.41) is 5.36. The van der Waals surface area contributed by atoms with E-state index in [0.29, 0.717) is 6.42 Å². The van der Waals surface area contributed by atoms with Gasteiger partial charge in [0.05, 0.1) is 23.7 Å². The van der Waals surface area contributed by atoms with Gasteiger partial charge in [0.1, 0.15) is 17.7 Å². The summed E-state index contributed by atoms with van der Waals surface area (Å²) < 4.78 is 34.9. The molecule has 0 aromatic heterocycles. The van der Waals surface area contributed by atoms with Gasteiger partial charge in [-0.1, -0.05) is 31.4 Å². The maximum Gasteiger partial charge on any atom is 0.249 e. The van der Waals surface area contributed by atoms with Crippen molar-refractivity contribution in [3.05, 3.63) is 34.4 Å². The largest absolute Gasteiger partial charge is 0.366 e. The number of rotatable bonds is 5. The van der Waals surface area contributed by atoms with Gasteiger partial charge in [0.15, 0.2) is 0 Å². The van der Waals surface area contributed by atoms with E-state index < -0.39 is 35.1 Å². The summed E-state index contributed by atoms with van der Waals surface area (Å²) in [5.41, 5.74) is -0.695. The van der Waals surface area contributed by atoms with Crippen molar-refractivity contribution in [2.45, 2.75) is 64.1 Å². The van der Waals surface area contributed by atoms with Crippen LogP contribution in [0.15, 0.2) is 12.1 Å². The number of carbonyl (C=O) groups is 2. The van der Waals surface area contributed by atoms with Crippen LogP contribution in [0.5, 0.6) is 0 Å². The zero-order valence-corrected chi connectivity index (χ0v) is 16.7. The third-order valence-electron chi connectivity index (χ3n) is 5.79. The Morgan fingerprint density at radius 3 is 2.61 bits per heavy atom. The molecule has 154 valence electrons. The third-order valence-corrected chi connectivity index (χ3v) is 6.09. The minimum absolute atomic E-state index is 0.180. The quantitative estimate of drug-likeness (QED) is 0.723. The van der Waals surface area contributed by atoms with E-state index in [1.54, 1.807) is 0 Å². The molecule has 3 atom stereocenters. The lowest BCUT2D eigenvalue weighted by atomic mass is 9.76. The minimum Gasteiger partial charge on any atom is -0.366 e. The first kappa shape index (κ1) is 21.0. The van der Waals surface area contributed by atoms with Gasteiger partial charge in [-0.3, -0.25) is 9.59 Å². The second-order valence-corrected chi connectivity index (χ2v) is 8.42. The summed E-state index contributed by atoms with van der Waals surface area (Å²) in [6.07, 6.45) is 2.87. The van der Waals surface area contributed by atoms with Crippen molar-refractivity contribution in [1.82, 2.24) is 10.6 Å².